The summed E-state index contributed by atoms with van der Waals surface area (Å²) in [5, 5.41) is 25.3. The van der Waals surface area contributed by atoms with Crippen LogP contribution in [0.3, 0.4) is 0 Å². The second kappa shape index (κ2) is 29.1. The summed E-state index contributed by atoms with van der Waals surface area (Å²) >= 11 is 0. The van der Waals surface area contributed by atoms with Crippen molar-refractivity contribution in [2.45, 2.75) is 29.4 Å². The van der Waals surface area contributed by atoms with Crippen LogP contribution in [0.25, 0.3) is 79.3 Å². The molecule has 26 nitrogen and oxygen atoms in total. The van der Waals surface area contributed by atoms with Crippen LogP contribution in [-0.2, 0) is 60.7 Å². The van der Waals surface area contributed by atoms with Crippen molar-refractivity contribution < 1.29 is 255 Å². The van der Waals surface area contributed by atoms with Gasteiger partial charge < -0.3 is 27.3 Å². The van der Waals surface area contributed by atoms with Crippen molar-refractivity contribution in [3.8, 4) is 11.4 Å². The molecule has 0 aliphatic rings. The van der Waals surface area contributed by atoms with Crippen molar-refractivity contribution in [3.05, 3.63) is 156 Å². The Morgan fingerprint density at radius 3 is 0.872 bits per heavy atom. The smallest absolute Gasteiger partial charge is 0.744 e. The van der Waals surface area contributed by atoms with Crippen molar-refractivity contribution in [2.75, 3.05) is 0 Å². The van der Waals surface area contributed by atoms with Crippen LogP contribution >= 0.6 is 0 Å². The number of hydrogen-bond donors (Lipinski definition) is 0. The van der Waals surface area contributed by atoms with E-state index in [0.717, 1.165) is 107 Å². The molecule has 408 valence electrons. The molecule has 2 aromatic heterocycles. The van der Waals surface area contributed by atoms with Crippen LogP contribution in [-0.4, -0.2) is 108 Å². The third-order valence-corrected chi connectivity index (χ3v) is 17.3. The van der Waals surface area contributed by atoms with Crippen molar-refractivity contribution >= 4 is 140 Å². The van der Waals surface area contributed by atoms with Gasteiger partial charge in [-0.15, -0.1) is 20.4 Å². The maximum absolute atomic E-state index is 12.6. The molecule has 0 atom stereocenters. The standard InChI is InChI=1S/C48H32N8O18S6.6Na/c57-75(58,59)41-21-31(17-13-27(41)9-11-29-15-19-33(23-43(29)77(63,64)65)55-51-39-25-45(79(69,70)71)35-5-1-3-7-37(35)47(39)53-55)49-50-32-18-14-28(42(22-32)76(60,61)62)10-12-30-16-20-34(24-44(30)78(66,67)68)56-52-40-26-46(80(72,73)74)36-6-2-4-8-38(36)48(40)54-56;;;;;;/h1-26H,(H,57,58,59)(H,60,61,62)(H,63,64,65)(H,66,67,68)(H,69,70,71)(H,72,73,74);;;;;;/q;6*+1/p-6/b11-9+,12-10+,50-49?;;;;;;. The minimum absolute atomic E-state index is 0. The van der Waals surface area contributed by atoms with Gasteiger partial charge in [-0.05, 0) is 82.9 Å². The summed E-state index contributed by atoms with van der Waals surface area (Å²) in [6.07, 6.45) is 4.02. The van der Waals surface area contributed by atoms with E-state index in [1.165, 1.54) is 48.5 Å². The van der Waals surface area contributed by atoms with Gasteiger partial charge in [-0.1, -0.05) is 97.1 Å². The maximum atomic E-state index is 12.6. The number of nitrogens with zero attached hydrogens (tertiary/aromatic N) is 8. The minimum Gasteiger partial charge on any atom is -0.744 e. The Morgan fingerprint density at radius 1 is 0.314 bits per heavy atom. The average Bonchev–Trinajstić information content (AvgIpc) is 4.18. The summed E-state index contributed by atoms with van der Waals surface area (Å²) in [4.78, 5) is -2.93. The molecule has 0 bridgehead atoms. The fourth-order valence-electron chi connectivity index (χ4n) is 8.43. The van der Waals surface area contributed by atoms with E-state index in [2.05, 4.69) is 30.6 Å². The van der Waals surface area contributed by atoms with E-state index in [9.17, 15) is 77.8 Å². The first-order valence-corrected chi connectivity index (χ1v) is 30.5. The Hall–Kier alpha value is -2.38. The van der Waals surface area contributed by atoms with Gasteiger partial charge in [-0.3, -0.25) is 0 Å². The van der Waals surface area contributed by atoms with E-state index < -0.39 is 90.1 Å². The van der Waals surface area contributed by atoms with Gasteiger partial charge in [0.1, 0.15) is 82.8 Å². The van der Waals surface area contributed by atoms with Crippen molar-refractivity contribution in [2.24, 2.45) is 10.2 Å². The summed E-state index contributed by atoms with van der Waals surface area (Å²) in [7, 11) is -31.3. The van der Waals surface area contributed by atoms with Gasteiger partial charge in [0.25, 0.3) is 0 Å². The molecule has 0 aliphatic carbocycles. The van der Waals surface area contributed by atoms with Crippen LogP contribution in [0.15, 0.2) is 173 Å². The third-order valence-electron chi connectivity index (χ3n) is 11.9. The molecular formula is C48H26N8Na6O18S6. The monoisotopic (exact) mass is 1330 g/mol. The molecule has 0 amide bonds. The van der Waals surface area contributed by atoms with Gasteiger partial charge in [0, 0.05) is 21.5 Å². The van der Waals surface area contributed by atoms with Gasteiger partial charge in [-0.25, -0.2) is 50.5 Å². The minimum atomic E-state index is -5.36. The van der Waals surface area contributed by atoms with E-state index >= 15 is 0 Å². The fraction of sp³-hybridized carbons (Fsp3) is 0. The van der Waals surface area contributed by atoms with Crippen LogP contribution in [0.1, 0.15) is 22.3 Å². The van der Waals surface area contributed by atoms with Crippen molar-refractivity contribution in [1.29, 1.82) is 0 Å². The molecule has 0 aliphatic heterocycles. The molecular weight excluding hydrogens is 1310 g/mol. The van der Waals surface area contributed by atoms with Gasteiger partial charge in [0.15, 0.2) is 0 Å². The topological polar surface area (TPSA) is 429 Å². The largest absolute Gasteiger partial charge is 1.00 e. The Labute approximate surface area is 622 Å². The zero-order chi connectivity index (χ0) is 57.5. The number of rotatable bonds is 14. The van der Waals surface area contributed by atoms with Gasteiger partial charge in [-0.2, -0.15) is 19.8 Å². The van der Waals surface area contributed by atoms with E-state index in [1.807, 2.05) is 0 Å². The summed E-state index contributed by atoms with van der Waals surface area (Å²) in [5.41, 5.74) is -1.99. The average molecular weight is 1330 g/mol. The quantitative estimate of drug-likeness (QED) is 0.0422. The Morgan fingerprint density at radius 2 is 0.581 bits per heavy atom. The third kappa shape index (κ3) is 16.6. The van der Waals surface area contributed by atoms with Crippen LogP contribution in [0.4, 0.5) is 11.4 Å². The van der Waals surface area contributed by atoms with E-state index in [4.69, 9.17) is 0 Å². The maximum Gasteiger partial charge on any atom is 1.00 e. The fourth-order valence-corrected chi connectivity index (χ4v) is 12.6. The molecule has 38 heteroatoms. The molecule has 0 fully saturated rings. The molecule has 8 aromatic carbocycles. The van der Waals surface area contributed by atoms with Gasteiger partial charge >= 0.3 is 177 Å². The number of aromatic nitrogens is 6. The molecule has 10 aromatic rings. The SMILES string of the molecule is O=S(=O)([O-])c1cc(N=Nc2ccc(/C=C/c3ccc(-n4nc5cc(S(=O)(=O)[O-])c6ccccc6c5n4)cc3S(=O)(=O)[O-])c(S(=O)(=O)[O-])c2)ccc1/C=C/c1ccc(-n2nc3cc(S(=O)(=O)[O-])c4ccccc4c3n2)cc1S(=O)(=O)[O-].[Na+].[Na+].[Na+].[Na+].[Na+].[Na+]. The number of fused-ring (bicyclic) bond motifs is 6. The van der Waals surface area contributed by atoms with Gasteiger partial charge in [0.2, 0.25) is 0 Å². The second-order valence-electron chi connectivity index (χ2n) is 17.0. The number of hydrogen-bond acceptors (Lipinski definition) is 24. The first-order chi connectivity index (χ1) is 37.4. The van der Waals surface area contributed by atoms with E-state index in [0.29, 0.717) is 0 Å². The Bertz CT molecular complexity index is 4850. The first-order valence-electron chi connectivity index (χ1n) is 22.1. The molecule has 86 heavy (non-hydrogen) atoms. The Balaban J connectivity index is 0.00000264. The predicted molar refractivity (Wildman–Crippen MR) is 275 cm³/mol. The molecule has 10 rings (SSSR count). The zero-order valence-electron chi connectivity index (χ0n) is 45.4. The van der Waals surface area contributed by atoms with Crippen LogP contribution in [0.5, 0.6) is 0 Å². The molecule has 0 saturated carbocycles. The van der Waals surface area contributed by atoms with Crippen molar-refractivity contribution in [1.82, 2.24) is 30.0 Å². The number of benzene rings is 8. The van der Waals surface area contributed by atoms with Crippen molar-refractivity contribution in [3.63, 3.8) is 0 Å². The summed E-state index contributed by atoms with van der Waals surface area (Å²) in [6, 6.07) is 26.3. The number of azo groups is 1. The molecule has 0 spiro atoms. The molecule has 2 heterocycles. The van der Waals surface area contributed by atoms with Crippen LogP contribution in [0, 0.1) is 0 Å². The van der Waals surface area contributed by atoms with E-state index in [1.54, 1.807) is 12.1 Å². The zero-order valence-corrected chi connectivity index (χ0v) is 62.3. The normalized spacial score (nSPS) is 12.4. The summed E-state index contributed by atoms with van der Waals surface area (Å²) < 4.78 is 223. The Kier molecular flexibility index (Phi) is 25.7. The molecule has 0 unspecified atom stereocenters. The van der Waals surface area contributed by atoms with Crippen LogP contribution in [0.2, 0.25) is 0 Å². The predicted octanol–water partition coefficient (Wildman–Crippen LogP) is -12.3. The summed E-state index contributed by atoms with van der Waals surface area (Å²) in [5.74, 6) is 0. The first kappa shape index (κ1) is 76.1. The van der Waals surface area contributed by atoms with E-state index in [-0.39, 0.29) is 266 Å². The molecule has 0 saturated heterocycles. The molecule has 0 N–H and O–H groups in total. The summed E-state index contributed by atoms with van der Waals surface area (Å²) in [6.45, 7) is 0. The van der Waals surface area contributed by atoms with Gasteiger partial charge in [0.05, 0.1) is 52.1 Å². The van der Waals surface area contributed by atoms with Crippen LogP contribution < -0.4 is 177 Å². The second-order valence-corrected chi connectivity index (χ2v) is 25.1. The molecule has 0 radical (unpaired) electrons.